The molecule has 1 atom stereocenters. The third-order valence-electron chi connectivity index (χ3n) is 5.96. The van der Waals surface area contributed by atoms with Crippen molar-refractivity contribution in [3.8, 4) is 17.5 Å². The van der Waals surface area contributed by atoms with E-state index < -0.39 is 4.83 Å². The summed E-state index contributed by atoms with van der Waals surface area (Å²) < 4.78 is 0. The zero-order valence-electron chi connectivity index (χ0n) is 27.5. The van der Waals surface area contributed by atoms with Gasteiger partial charge in [-0.2, -0.15) is 5.26 Å². The standard InChI is InChI=1S/C13H8N6S.C8H5BrN2O.C6H7N3S.C6H15N.BrH/c1-14-11-10(9-5-2-3-6-15-9)18-13(20-11)19-12-16-7-4-8-17-12;9-6(5-10)8(12)7-3-1-2-4-11-7;7-5(10)4-6-8-2-1-3-9-6;1-4-7(5-2)6-3;/h2-8H,(H,16,17,18,19);1-4,6H;1-3H,4H2,(H2,7,10);4-6H2,1-3H3;1H. The highest BCUT2D eigenvalue weighted by molar-refractivity contribution is 9.10. The number of hydrogen-bond donors (Lipinski definition) is 2. The molecular formula is C33H36Br2N12OS2. The number of ketones is 1. The minimum Gasteiger partial charge on any atom is -0.393 e. The number of nitrogens with two attached hydrogens (primary N) is 1. The van der Waals surface area contributed by atoms with Crippen molar-refractivity contribution in [3.63, 3.8) is 0 Å². The van der Waals surface area contributed by atoms with E-state index in [0.29, 0.717) is 50.4 Å². The number of pyridine rings is 2. The first kappa shape index (κ1) is 43.4. The summed E-state index contributed by atoms with van der Waals surface area (Å²) in [6.45, 7) is 17.4. The quantitative estimate of drug-likeness (QED) is 0.0633. The largest absolute Gasteiger partial charge is 0.393 e. The van der Waals surface area contributed by atoms with Crippen molar-refractivity contribution in [3.05, 3.63) is 109 Å². The van der Waals surface area contributed by atoms with Crippen LogP contribution in [0, 0.1) is 17.9 Å². The van der Waals surface area contributed by atoms with Gasteiger partial charge in [0.05, 0.1) is 29.7 Å². The Bertz CT molecular complexity index is 1760. The smallest absolute Gasteiger partial charge is 0.271 e. The molecule has 1 unspecified atom stereocenters. The minimum atomic E-state index is -0.799. The van der Waals surface area contributed by atoms with Gasteiger partial charge in [-0.15, -0.1) is 28.3 Å². The number of alkyl halides is 1. The summed E-state index contributed by atoms with van der Waals surface area (Å²) in [6.07, 6.45) is 10.3. The molecule has 0 aliphatic carbocycles. The Hall–Kier alpha value is -4.65. The van der Waals surface area contributed by atoms with Gasteiger partial charge >= 0.3 is 0 Å². The second kappa shape index (κ2) is 25.3. The molecule has 0 spiro atoms. The summed E-state index contributed by atoms with van der Waals surface area (Å²) in [7, 11) is 0. The van der Waals surface area contributed by atoms with E-state index in [1.165, 1.54) is 37.2 Å². The Morgan fingerprint density at radius 1 is 0.960 bits per heavy atom. The first-order valence-electron chi connectivity index (χ1n) is 14.8. The maximum atomic E-state index is 11.2. The first-order chi connectivity index (χ1) is 23.8. The predicted octanol–water partition coefficient (Wildman–Crippen LogP) is 7.07. The van der Waals surface area contributed by atoms with E-state index in [0.717, 1.165) is 0 Å². The van der Waals surface area contributed by atoms with Gasteiger partial charge in [0.1, 0.15) is 17.2 Å². The Morgan fingerprint density at radius 3 is 1.98 bits per heavy atom. The number of thiazole rings is 1. The fourth-order valence-electron chi connectivity index (χ4n) is 3.52. The summed E-state index contributed by atoms with van der Waals surface area (Å²) in [5.41, 5.74) is 6.83. The normalized spacial score (nSPS) is 10.1. The fraction of sp³-hybridized carbons (Fsp3) is 0.242. The molecule has 260 valence electrons. The van der Waals surface area contributed by atoms with Gasteiger partial charge in [-0.3, -0.25) is 14.8 Å². The van der Waals surface area contributed by atoms with E-state index in [2.05, 4.69) is 98.9 Å². The SMILES string of the molecule is Br.CCN(CC)CC.N#CC(Br)C(=O)c1ccccn1.NC(=S)Cc1ncccn1.[C-]#[N+]c1sc(Nc2ncccn2)nc1-c1ccccn1. The summed E-state index contributed by atoms with van der Waals surface area (Å²) in [4.78, 5) is 45.2. The minimum absolute atomic E-state index is 0. The average Bonchev–Trinajstić information content (AvgIpc) is 3.56. The molecule has 0 aliphatic heterocycles. The molecule has 0 aromatic carbocycles. The van der Waals surface area contributed by atoms with E-state index in [9.17, 15) is 4.79 Å². The van der Waals surface area contributed by atoms with Gasteiger partial charge in [0, 0.05) is 37.2 Å². The van der Waals surface area contributed by atoms with Crippen LogP contribution in [0.2, 0.25) is 0 Å². The molecule has 3 N–H and O–H groups in total. The Kier molecular flexibility index (Phi) is 22.0. The van der Waals surface area contributed by atoms with E-state index >= 15 is 0 Å². The van der Waals surface area contributed by atoms with Crippen molar-refractivity contribution in [1.29, 1.82) is 5.26 Å². The van der Waals surface area contributed by atoms with Gasteiger partial charge in [0.25, 0.3) is 5.00 Å². The highest BCUT2D eigenvalue weighted by Gasteiger charge is 2.16. The number of nitrogens with one attached hydrogen (secondary N) is 1. The molecular weight excluding hydrogens is 804 g/mol. The van der Waals surface area contributed by atoms with Crippen LogP contribution >= 0.6 is 56.5 Å². The zero-order valence-corrected chi connectivity index (χ0v) is 32.5. The molecule has 17 heteroatoms. The van der Waals surface area contributed by atoms with Gasteiger partial charge in [-0.1, -0.05) is 61.1 Å². The van der Waals surface area contributed by atoms with Crippen LogP contribution in [0.3, 0.4) is 0 Å². The maximum absolute atomic E-state index is 11.2. The lowest BCUT2D eigenvalue weighted by atomic mass is 10.2. The van der Waals surface area contributed by atoms with E-state index in [1.54, 1.807) is 67.4 Å². The number of rotatable bonds is 10. The highest BCUT2D eigenvalue weighted by atomic mass is 79.9. The number of carbonyl (C=O) groups excluding carboxylic acids is 1. The molecule has 50 heavy (non-hydrogen) atoms. The molecule has 0 aliphatic rings. The number of hydrogen-bond acceptors (Lipinski definition) is 13. The van der Waals surface area contributed by atoms with Crippen LogP contribution in [0.1, 0.15) is 37.1 Å². The molecule has 0 amide bonds. The van der Waals surface area contributed by atoms with E-state index in [4.69, 9.17) is 17.6 Å². The summed E-state index contributed by atoms with van der Waals surface area (Å²) in [5.74, 6) is 0.818. The second-order valence-corrected chi connectivity index (χ2v) is 11.6. The van der Waals surface area contributed by atoms with Crippen LogP contribution in [0.15, 0.2) is 85.7 Å². The Balaban J connectivity index is 0.000000360. The summed E-state index contributed by atoms with van der Waals surface area (Å²) >= 11 is 8.86. The van der Waals surface area contributed by atoms with Crippen LogP contribution in [-0.2, 0) is 6.42 Å². The van der Waals surface area contributed by atoms with Crippen LogP contribution < -0.4 is 11.1 Å². The molecule has 5 aromatic heterocycles. The van der Waals surface area contributed by atoms with Crippen molar-refractivity contribution < 1.29 is 4.79 Å². The molecule has 0 saturated heterocycles. The molecule has 0 fully saturated rings. The lowest BCUT2D eigenvalue weighted by Gasteiger charge is -2.13. The van der Waals surface area contributed by atoms with E-state index in [-0.39, 0.29) is 22.8 Å². The van der Waals surface area contributed by atoms with Gasteiger partial charge in [0.15, 0.2) is 9.96 Å². The van der Waals surface area contributed by atoms with Crippen molar-refractivity contribution in [2.45, 2.75) is 32.0 Å². The molecule has 5 heterocycles. The lowest BCUT2D eigenvalue weighted by Crippen LogP contribution is -2.21. The van der Waals surface area contributed by atoms with Crippen LogP contribution in [0.25, 0.3) is 16.2 Å². The fourth-order valence-corrected chi connectivity index (χ4v) is 4.63. The number of anilines is 2. The highest BCUT2D eigenvalue weighted by Crippen LogP contribution is 2.37. The number of carbonyl (C=O) groups is 1. The molecule has 5 rings (SSSR count). The van der Waals surface area contributed by atoms with Gasteiger partial charge < -0.3 is 16.0 Å². The van der Waals surface area contributed by atoms with E-state index in [1.807, 2.05) is 18.2 Å². The number of thiocarbonyl (C=S) groups is 1. The third kappa shape index (κ3) is 16.2. The maximum Gasteiger partial charge on any atom is 0.271 e. The number of nitriles is 1. The van der Waals surface area contributed by atoms with Crippen LogP contribution in [-0.4, -0.2) is 75.0 Å². The van der Waals surface area contributed by atoms with Crippen LogP contribution in [0.4, 0.5) is 16.1 Å². The second-order valence-electron chi connectivity index (χ2n) is 9.20. The van der Waals surface area contributed by atoms with Crippen molar-refractivity contribution >= 4 is 83.3 Å². The molecule has 0 saturated carbocycles. The third-order valence-corrected chi connectivity index (χ3v) is 7.59. The van der Waals surface area contributed by atoms with Crippen molar-refractivity contribution in [1.82, 2.24) is 39.8 Å². The Labute approximate surface area is 320 Å². The monoisotopic (exact) mass is 838 g/mol. The molecule has 0 radical (unpaired) electrons. The van der Waals surface area contributed by atoms with Gasteiger partial charge in [0.2, 0.25) is 11.7 Å². The lowest BCUT2D eigenvalue weighted by molar-refractivity contribution is 0.0999. The molecule has 5 aromatic rings. The molecule has 13 nitrogen and oxygen atoms in total. The number of aromatic nitrogens is 7. The number of Topliss-reactive ketones (excluding diaryl/α,β-unsaturated/α-hetero) is 1. The van der Waals surface area contributed by atoms with Gasteiger partial charge in [-0.25, -0.2) is 29.8 Å². The summed E-state index contributed by atoms with van der Waals surface area (Å²) in [6, 6.07) is 15.8. The number of halogens is 2. The first-order valence-corrected chi connectivity index (χ1v) is 17.0. The van der Waals surface area contributed by atoms with Crippen LogP contribution in [0.5, 0.6) is 0 Å². The predicted molar refractivity (Wildman–Crippen MR) is 210 cm³/mol. The number of nitrogens with zero attached hydrogens (tertiary/aromatic N) is 10. The summed E-state index contributed by atoms with van der Waals surface area (Å²) in [5, 5.41) is 12.5. The van der Waals surface area contributed by atoms with Gasteiger partial charge in [-0.05, 0) is 56.0 Å². The van der Waals surface area contributed by atoms with Crippen molar-refractivity contribution in [2.24, 2.45) is 5.73 Å². The zero-order chi connectivity index (χ0) is 35.9. The average molecular weight is 841 g/mol. The van der Waals surface area contributed by atoms with Crippen molar-refractivity contribution in [2.75, 3.05) is 25.0 Å². The Morgan fingerprint density at radius 2 is 1.52 bits per heavy atom. The topological polar surface area (TPSA) is 177 Å². The molecule has 0 bridgehead atoms.